The van der Waals surface area contributed by atoms with E-state index in [1.165, 1.54) is 19.3 Å². The van der Waals surface area contributed by atoms with Crippen LogP contribution in [-0.4, -0.2) is 32.2 Å². The summed E-state index contributed by atoms with van der Waals surface area (Å²) in [5, 5.41) is 0. The molecule has 6 heteroatoms. The number of piperidine rings is 1. The number of aromatic nitrogens is 1. The van der Waals surface area contributed by atoms with Crippen LogP contribution in [0.15, 0.2) is 18.3 Å². The quantitative estimate of drug-likeness (QED) is 0.871. The Morgan fingerprint density at radius 2 is 2.05 bits per heavy atom. The van der Waals surface area contributed by atoms with E-state index in [0.29, 0.717) is 13.0 Å². The van der Waals surface area contributed by atoms with Gasteiger partial charge < -0.3 is 4.90 Å². The molecule has 1 aromatic rings. The molecule has 1 aromatic heterocycles. The second kappa shape index (κ2) is 7.04. The molecule has 112 valence electrons. The summed E-state index contributed by atoms with van der Waals surface area (Å²) in [4.78, 5) is 6.70. The van der Waals surface area contributed by atoms with Gasteiger partial charge in [-0.25, -0.2) is 18.1 Å². The maximum atomic E-state index is 11.7. The summed E-state index contributed by atoms with van der Waals surface area (Å²) in [6, 6.07) is 3.81. The van der Waals surface area contributed by atoms with Gasteiger partial charge in [0.25, 0.3) is 0 Å². The third-order valence-corrected chi connectivity index (χ3v) is 5.01. The molecule has 0 spiro atoms. The largest absolute Gasteiger partial charge is 0.356 e. The van der Waals surface area contributed by atoms with Crippen LogP contribution in [0.5, 0.6) is 0 Å². The highest BCUT2D eigenvalue weighted by Gasteiger charge is 2.16. The minimum absolute atomic E-state index is 0.173. The zero-order valence-corrected chi connectivity index (χ0v) is 12.8. The Kier molecular flexibility index (Phi) is 5.37. The summed E-state index contributed by atoms with van der Waals surface area (Å²) in [5.74, 6) is 1.10. The number of nitrogens with one attached hydrogen (secondary N) is 1. The van der Waals surface area contributed by atoms with Crippen LogP contribution in [0.25, 0.3) is 0 Å². The first-order chi connectivity index (χ1) is 9.62. The molecule has 0 aromatic carbocycles. The molecule has 0 saturated carbocycles. The van der Waals surface area contributed by atoms with Crippen molar-refractivity contribution in [2.24, 2.45) is 0 Å². The van der Waals surface area contributed by atoms with Crippen LogP contribution in [0.2, 0.25) is 0 Å². The molecule has 0 unspecified atom stereocenters. The first kappa shape index (κ1) is 15.3. The third kappa shape index (κ3) is 4.18. The number of hydrogen-bond donors (Lipinski definition) is 1. The van der Waals surface area contributed by atoms with E-state index in [0.717, 1.165) is 24.5 Å². The van der Waals surface area contributed by atoms with Crippen molar-refractivity contribution in [3.63, 3.8) is 0 Å². The lowest BCUT2D eigenvalue weighted by atomic mass is 10.1. The second-order valence-electron chi connectivity index (χ2n) is 5.17. The van der Waals surface area contributed by atoms with Gasteiger partial charge in [0.1, 0.15) is 5.82 Å². The lowest BCUT2D eigenvalue weighted by molar-refractivity contribution is 0.568. The van der Waals surface area contributed by atoms with Gasteiger partial charge >= 0.3 is 0 Å². The lowest BCUT2D eigenvalue weighted by Gasteiger charge is -2.29. The molecular formula is C14H23N3O2S. The summed E-state index contributed by atoms with van der Waals surface area (Å²) in [7, 11) is -3.17. The van der Waals surface area contributed by atoms with Gasteiger partial charge in [0.15, 0.2) is 0 Å². The molecule has 0 atom stereocenters. The number of nitrogens with zero attached hydrogens (tertiary/aromatic N) is 2. The molecule has 1 saturated heterocycles. The Morgan fingerprint density at radius 3 is 2.75 bits per heavy atom. The highest BCUT2D eigenvalue weighted by atomic mass is 32.2. The smallest absolute Gasteiger partial charge is 0.211 e. The Balaban J connectivity index is 2.08. The van der Waals surface area contributed by atoms with Gasteiger partial charge in [-0.3, -0.25) is 0 Å². The van der Waals surface area contributed by atoms with E-state index in [9.17, 15) is 8.42 Å². The molecule has 1 aliphatic rings. The van der Waals surface area contributed by atoms with Crippen LogP contribution in [0, 0.1) is 0 Å². The Bertz CT molecular complexity index is 525. The average molecular weight is 297 g/mol. The van der Waals surface area contributed by atoms with Crippen LogP contribution in [0.4, 0.5) is 5.82 Å². The van der Waals surface area contributed by atoms with E-state index in [2.05, 4.69) is 14.6 Å². The van der Waals surface area contributed by atoms with Crippen LogP contribution in [0.1, 0.15) is 38.2 Å². The maximum absolute atomic E-state index is 11.7. The van der Waals surface area contributed by atoms with E-state index >= 15 is 0 Å². The van der Waals surface area contributed by atoms with E-state index < -0.39 is 10.0 Å². The van der Waals surface area contributed by atoms with Crippen molar-refractivity contribution in [2.75, 3.05) is 23.7 Å². The normalized spacial score (nSPS) is 16.4. The van der Waals surface area contributed by atoms with Crippen LogP contribution >= 0.6 is 0 Å². The average Bonchev–Trinajstić information content (AvgIpc) is 2.46. The molecule has 2 heterocycles. The fourth-order valence-electron chi connectivity index (χ4n) is 2.49. The molecule has 0 aliphatic carbocycles. The van der Waals surface area contributed by atoms with Gasteiger partial charge in [-0.05, 0) is 31.7 Å². The Morgan fingerprint density at radius 1 is 1.30 bits per heavy atom. The van der Waals surface area contributed by atoms with Crippen molar-refractivity contribution >= 4 is 15.8 Å². The summed E-state index contributed by atoms with van der Waals surface area (Å²) < 4.78 is 26.2. The monoisotopic (exact) mass is 297 g/mol. The van der Waals surface area contributed by atoms with Crippen molar-refractivity contribution in [1.82, 2.24) is 9.71 Å². The van der Waals surface area contributed by atoms with E-state index in [1.807, 2.05) is 19.1 Å². The Hall–Kier alpha value is -1.14. The first-order valence-electron chi connectivity index (χ1n) is 7.28. The summed E-state index contributed by atoms with van der Waals surface area (Å²) in [6.07, 6.45) is 6.02. The van der Waals surface area contributed by atoms with Gasteiger partial charge in [-0.1, -0.05) is 13.0 Å². The van der Waals surface area contributed by atoms with Crippen molar-refractivity contribution in [3.8, 4) is 0 Å². The minimum Gasteiger partial charge on any atom is -0.356 e. The highest BCUT2D eigenvalue weighted by Crippen LogP contribution is 2.21. The maximum Gasteiger partial charge on any atom is 0.211 e. The van der Waals surface area contributed by atoms with Crippen molar-refractivity contribution in [1.29, 1.82) is 0 Å². The molecular weight excluding hydrogens is 274 g/mol. The fourth-order valence-corrected chi connectivity index (χ4v) is 3.54. The van der Waals surface area contributed by atoms with E-state index in [-0.39, 0.29) is 5.75 Å². The van der Waals surface area contributed by atoms with Crippen molar-refractivity contribution in [3.05, 3.63) is 23.9 Å². The number of sulfonamides is 1. The molecule has 5 nitrogen and oxygen atoms in total. The molecule has 0 bridgehead atoms. The molecule has 0 radical (unpaired) electrons. The summed E-state index contributed by atoms with van der Waals surface area (Å²) >= 11 is 0. The molecule has 1 N–H and O–H groups in total. The van der Waals surface area contributed by atoms with Crippen molar-refractivity contribution in [2.45, 2.75) is 39.2 Å². The number of hydrogen-bond acceptors (Lipinski definition) is 4. The highest BCUT2D eigenvalue weighted by molar-refractivity contribution is 7.89. The molecule has 1 fully saturated rings. The number of anilines is 1. The summed E-state index contributed by atoms with van der Waals surface area (Å²) in [5.41, 5.74) is 0.953. The first-order valence-corrected chi connectivity index (χ1v) is 8.94. The molecule has 20 heavy (non-hydrogen) atoms. The van der Waals surface area contributed by atoms with Gasteiger partial charge in [0, 0.05) is 31.4 Å². The molecule has 0 amide bonds. The summed E-state index contributed by atoms with van der Waals surface area (Å²) in [6.45, 7) is 4.20. The van der Waals surface area contributed by atoms with Gasteiger partial charge in [0.2, 0.25) is 10.0 Å². The predicted octanol–water partition coefficient (Wildman–Crippen LogP) is 1.90. The van der Waals surface area contributed by atoms with Gasteiger partial charge in [-0.15, -0.1) is 0 Å². The SMILES string of the molecule is CCCS(=O)(=O)NCc1cccnc1N1CCCCC1. The van der Waals surface area contributed by atoms with E-state index in [1.54, 1.807) is 6.20 Å². The minimum atomic E-state index is -3.17. The lowest BCUT2D eigenvalue weighted by Crippen LogP contribution is -2.32. The predicted molar refractivity (Wildman–Crippen MR) is 81.2 cm³/mol. The van der Waals surface area contributed by atoms with Crippen LogP contribution in [0.3, 0.4) is 0 Å². The molecule has 2 rings (SSSR count). The van der Waals surface area contributed by atoms with Crippen LogP contribution in [-0.2, 0) is 16.6 Å². The standard InChI is InChI=1S/C14H23N3O2S/c1-2-11-20(18,19)16-12-13-7-6-8-15-14(13)17-9-4-3-5-10-17/h6-8,16H,2-5,9-12H2,1H3. The van der Waals surface area contributed by atoms with Crippen molar-refractivity contribution < 1.29 is 8.42 Å². The zero-order chi connectivity index (χ0) is 14.4. The number of pyridine rings is 1. The second-order valence-corrected chi connectivity index (χ2v) is 7.10. The fraction of sp³-hybridized carbons (Fsp3) is 0.643. The van der Waals surface area contributed by atoms with Gasteiger partial charge in [-0.2, -0.15) is 0 Å². The molecule has 1 aliphatic heterocycles. The number of rotatable bonds is 6. The third-order valence-electron chi connectivity index (χ3n) is 3.48. The Labute approximate surface area is 121 Å². The topological polar surface area (TPSA) is 62.3 Å². The van der Waals surface area contributed by atoms with Gasteiger partial charge in [0.05, 0.1) is 5.75 Å². The van der Waals surface area contributed by atoms with E-state index in [4.69, 9.17) is 0 Å². The zero-order valence-electron chi connectivity index (χ0n) is 12.0. The van der Waals surface area contributed by atoms with Crippen LogP contribution < -0.4 is 9.62 Å².